The van der Waals surface area contributed by atoms with Gasteiger partial charge in [-0.1, -0.05) is 12.2 Å². The van der Waals surface area contributed by atoms with E-state index in [1.807, 2.05) is 6.07 Å². The molecule has 0 radical (unpaired) electrons. The molecule has 2 heterocycles. The van der Waals surface area contributed by atoms with Crippen molar-refractivity contribution in [2.75, 3.05) is 13.2 Å². The van der Waals surface area contributed by atoms with E-state index in [1.165, 1.54) is 0 Å². The Labute approximate surface area is 98.2 Å². The number of hydrogen-bond donors (Lipinski definition) is 1. The van der Waals surface area contributed by atoms with Crippen molar-refractivity contribution in [3.8, 4) is 0 Å². The molecule has 6 heteroatoms. The van der Waals surface area contributed by atoms with Crippen LogP contribution >= 0.6 is 12.2 Å². The highest BCUT2D eigenvalue weighted by Crippen LogP contribution is 2.10. The summed E-state index contributed by atoms with van der Waals surface area (Å²) in [6, 6.07) is 3.61. The van der Waals surface area contributed by atoms with Crippen molar-refractivity contribution < 1.29 is 9.53 Å². The Balaban J connectivity index is 2.12. The van der Waals surface area contributed by atoms with E-state index in [9.17, 15) is 4.79 Å². The summed E-state index contributed by atoms with van der Waals surface area (Å²) in [7, 11) is 0. The molecule has 16 heavy (non-hydrogen) atoms. The fraction of sp³-hybridized carbons (Fsp3) is 0.300. The highest BCUT2D eigenvalue weighted by molar-refractivity contribution is 7.80. The van der Waals surface area contributed by atoms with Gasteiger partial charge in [0, 0.05) is 12.7 Å². The van der Waals surface area contributed by atoms with Gasteiger partial charge in [-0.05, 0) is 17.7 Å². The van der Waals surface area contributed by atoms with Gasteiger partial charge in [-0.3, -0.25) is 4.98 Å². The molecule has 1 aliphatic rings. The minimum Gasteiger partial charge on any atom is -0.448 e. The maximum absolute atomic E-state index is 11.2. The van der Waals surface area contributed by atoms with Crippen LogP contribution in [0.25, 0.3) is 0 Å². The first kappa shape index (κ1) is 10.8. The van der Waals surface area contributed by atoms with Crippen molar-refractivity contribution in [1.29, 1.82) is 0 Å². The van der Waals surface area contributed by atoms with Crippen LogP contribution in [0.4, 0.5) is 4.79 Å². The summed E-state index contributed by atoms with van der Waals surface area (Å²) >= 11 is 4.84. The number of carbonyl (C=O) groups excluding carboxylic acids is 1. The van der Waals surface area contributed by atoms with E-state index in [2.05, 4.69) is 4.98 Å². The molecule has 1 aromatic heterocycles. The van der Waals surface area contributed by atoms with Gasteiger partial charge in [0.25, 0.3) is 0 Å². The summed E-state index contributed by atoms with van der Waals surface area (Å²) in [4.78, 5) is 17.1. The average molecular weight is 237 g/mol. The van der Waals surface area contributed by atoms with Gasteiger partial charge < -0.3 is 15.4 Å². The molecule has 0 aromatic carbocycles. The Bertz CT molecular complexity index is 436. The molecular formula is C10H11N3O2S. The van der Waals surface area contributed by atoms with Gasteiger partial charge in [0.15, 0.2) is 0 Å². The third-order valence-electron chi connectivity index (χ3n) is 2.30. The van der Waals surface area contributed by atoms with Gasteiger partial charge in [-0.15, -0.1) is 0 Å². The third kappa shape index (κ3) is 2.27. The van der Waals surface area contributed by atoms with Crippen LogP contribution < -0.4 is 5.73 Å². The number of nitrogens with two attached hydrogens (primary N) is 1. The van der Waals surface area contributed by atoms with Crippen LogP contribution in [0.15, 0.2) is 18.3 Å². The number of hydrogen-bond acceptors (Lipinski definition) is 4. The molecule has 84 valence electrons. The number of nitrogens with zero attached hydrogens (tertiary/aromatic N) is 2. The van der Waals surface area contributed by atoms with Gasteiger partial charge in [0.2, 0.25) is 0 Å². The number of amides is 1. The SMILES string of the molecule is NC(=S)c1cc(CN2CCOC2=O)ccn1. The maximum atomic E-state index is 11.2. The summed E-state index contributed by atoms with van der Waals surface area (Å²) in [6.45, 7) is 1.56. The minimum absolute atomic E-state index is 0.255. The van der Waals surface area contributed by atoms with Crippen molar-refractivity contribution in [2.45, 2.75) is 6.54 Å². The fourth-order valence-corrected chi connectivity index (χ4v) is 1.61. The number of carbonyl (C=O) groups is 1. The number of aromatic nitrogens is 1. The lowest BCUT2D eigenvalue weighted by Crippen LogP contribution is -2.23. The van der Waals surface area contributed by atoms with E-state index >= 15 is 0 Å². The Kier molecular flexibility index (Phi) is 3.00. The zero-order chi connectivity index (χ0) is 11.5. The second-order valence-corrected chi connectivity index (χ2v) is 3.89. The predicted molar refractivity (Wildman–Crippen MR) is 61.9 cm³/mol. The summed E-state index contributed by atoms with van der Waals surface area (Å²) in [6.07, 6.45) is 1.35. The molecule has 0 aliphatic carbocycles. The Morgan fingerprint density at radius 2 is 2.50 bits per heavy atom. The van der Waals surface area contributed by atoms with E-state index in [0.29, 0.717) is 25.4 Å². The highest BCUT2D eigenvalue weighted by atomic mass is 32.1. The van der Waals surface area contributed by atoms with Gasteiger partial charge in [-0.2, -0.15) is 0 Å². The summed E-state index contributed by atoms with van der Waals surface area (Å²) in [5, 5.41) is 0. The standard InChI is InChI=1S/C10H11N3O2S/c11-9(16)8-5-7(1-2-12-8)6-13-3-4-15-10(13)14/h1-2,5H,3-4,6H2,(H2,11,16). The van der Waals surface area contributed by atoms with Crippen molar-refractivity contribution in [3.63, 3.8) is 0 Å². The van der Waals surface area contributed by atoms with E-state index in [1.54, 1.807) is 17.2 Å². The Hall–Kier alpha value is -1.69. The van der Waals surface area contributed by atoms with Crippen molar-refractivity contribution in [2.24, 2.45) is 5.73 Å². The number of thiocarbonyl (C=S) groups is 1. The van der Waals surface area contributed by atoms with Crippen LogP contribution in [0.5, 0.6) is 0 Å². The molecule has 2 rings (SSSR count). The quantitative estimate of drug-likeness (QED) is 0.782. The van der Waals surface area contributed by atoms with E-state index in [4.69, 9.17) is 22.7 Å². The molecule has 0 unspecified atom stereocenters. The Morgan fingerprint density at radius 3 is 3.12 bits per heavy atom. The summed E-state index contributed by atoms with van der Waals surface area (Å²) < 4.78 is 4.84. The molecule has 0 saturated carbocycles. The molecular weight excluding hydrogens is 226 g/mol. The zero-order valence-corrected chi connectivity index (χ0v) is 9.37. The molecule has 2 N–H and O–H groups in total. The van der Waals surface area contributed by atoms with Crippen LogP contribution in [0.2, 0.25) is 0 Å². The molecule has 1 saturated heterocycles. The van der Waals surface area contributed by atoms with Crippen LogP contribution in [0.3, 0.4) is 0 Å². The third-order valence-corrected chi connectivity index (χ3v) is 2.50. The second kappa shape index (κ2) is 4.44. The van der Waals surface area contributed by atoms with Crippen molar-refractivity contribution >= 4 is 23.3 Å². The monoisotopic (exact) mass is 237 g/mol. The van der Waals surface area contributed by atoms with E-state index in [-0.39, 0.29) is 11.1 Å². The molecule has 0 atom stereocenters. The Morgan fingerprint density at radius 1 is 1.69 bits per heavy atom. The minimum atomic E-state index is -0.284. The molecule has 1 fully saturated rings. The lowest BCUT2D eigenvalue weighted by molar-refractivity contribution is 0.157. The van der Waals surface area contributed by atoms with Gasteiger partial charge >= 0.3 is 6.09 Å². The first-order valence-electron chi connectivity index (χ1n) is 4.83. The van der Waals surface area contributed by atoms with Crippen molar-refractivity contribution in [1.82, 2.24) is 9.88 Å². The first-order chi connectivity index (χ1) is 7.66. The molecule has 1 amide bonds. The normalized spacial score (nSPS) is 15.0. The topological polar surface area (TPSA) is 68.4 Å². The maximum Gasteiger partial charge on any atom is 0.410 e. The number of pyridine rings is 1. The van der Waals surface area contributed by atoms with E-state index in [0.717, 1.165) is 5.56 Å². The molecule has 0 spiro atoms. The average Bonchev–Trinajstić information content (AvgIpc) is 2.65. The molecule has 1 aromatic rings. The number of rotatable bonds is 3. The lowest BCUT2D eigenvalue weighted by Gasteiger charge is -2.12. The van der Waals surface area contributed by atoms with Crippen LogP contribution in [-0.2, 0) is 11.3 Å². The van der Waals surface area contributed by atoms with Gasteiger partial charge in [0.05, 0.1) is 12.2 Å². The number of cyclic esters (lactones) is 1. The zero-order valence-electron chi connectivity index (χ0n) is 8.55. The molecule has 0 bridgehead atoms. The molecule has 1 aliphatic heterocycles. The summed E-state index contributed by atoms with van der Waals surface area (Å²) in [5.74, 6) is 0. The number of ether oxygens (including phenoxy) is 1. The van der Waals surface area contributed by atoms with Gasteiger partial charge in [0.1, 0.15) is 11.6 Å². The summed E-state index contributed by atoms with van der Waals surface area (Å²) in [5.41, 5.74) is 6.99. The van der Waals surface area contributed by atoms with Crippen LogP contribution in [-0.4, -0.2) is 34.1 Å². The fourth-order valence-electron chi connectivity index (χ4n) is 1.50. The largest absolute Gasteiger partial charge is 0.448 e. The molecule has 5 nitrogen and oxygen atoms in total. The highest BCUT2D eigenvalue weighted by Gasteiger charge is 2.21. The predicted octanol–water partition coefficient (Wildman–Crippen LogP) is 0.668. The lowest BCUT2D eigenvalue weighted by atomic mass is 10.2. The van der Waals surface area contributed by atoms with Crippen LogP contribution in [0, 0.1) is 0 Å². The van der Waals surface area contributed by atoms with Crippen LogP contribution in [0.1, 0.15) is 11.3 Å². The van der Waals surface area contributed by atoms with Crippen molar-refractivity contribution in [3.05, 3.63) is 29.6 Å². The smallest absolute Gasteiger partial charge is 0.410 e. The van der Waals surface area contributed by atoms with E-state index < -0.39 is 0 Å². The second-order valence-electron chi connectivity index (χ2n) is 3.45. The van der Waals surface area contributed by atoms with Gasteiger partial charge in [-0.25, -0.2) is 4.79 Å². The first-order valence-corrected chi connectivity index (χ1v) is 5.24.